The second-order valence-electron chi connectivity index (χ2n) is 10.9. The molecule has 1 aliphatic heterocycles. The van der Waals surface area contributed by atoms with Crippen molar-refractivity contribution in [2.45, 2.75) is 45.6 Å². The Morgan fingerprint density at radius 1 is 1.03 bits per heavy atom. The third-order valence-electron chi connectivity index (χ3n) is 6.90. The summed E-state index contributed by atoms with van der Waals surface area (Å²) in [4.78, 5) is 30.3. The topological polar surface area (TPSA) is 78.7 Å². The van der Waals surface area contributed by atoms with Crippen LogP contribution in [0, 0.1) is 6.92 Å². The number of ketones is 1. The van der Waals surface area contributed by atoms with Crippen molar-refractivity contribution in [3.8, 4) is 5.69 Å². The van der Waals surface area contributed by atoms with E-state index in [0.29, 0.717) is 24.2 Å². The smallest absolute Gasteiger partial charge is 0.295 e. The minimum absolute atomic E-state index is 0.0326. The lowest BCUT2D eigenvalue weighted by Gasteiger charge is -2.27. The number of hydrogen-bond acceptors (Lipinski definition) is 5. The first-order valence-electron chi connectivity index (χ1n) is 12.6. The fourth-order valence-corrected chi connectivity index (χ4v) is 4.80. The number of aliphatic hydroxyl groups excluding tert-OH is 1. The Bertz CT molecular complexity index is 1320. The maximum Gasteiger partial charge on any atom is 0.295 e. The highest BCUT2D eigenvalue weighted by molar-refractivity contribution is 6.46. The predicted octanol–water partition coefficient (Wildman–Crippen LogP) is 4.85. The van der Waals surface area contributed by atoms with Crippen LogP contribution in [0.2, 0.25) is 0 Å². The van der Waals surface area contributed by atoms with Crippen LogP contribution in [-0.2, 0) is 15.0 Å². The molecule has 0 saturated carbocycles. The predicted molar refractivity (Wildman–Crippen MR) is 146 cm³/mol. The summed E-state index contributed by atoms with van der Waals surface area (Å²) in [5.74, 6) is -1.45. The summed E-state index contributed by atoms with van der Waals surface area (Å²) in [5.41, 5.74) is 3.99. The van der Waals surface area contributed by atoms with Gasteiger partial charge in [0.1, 0.15) is 5.76 Å². The molecule has 1 fully saturated rings. The summed E-state index contributed by atoms with van der Waals surface area (Å²) >= 11 is 0. The van der Waals surface area contributed by atoms with Gasteiger partial charge in [-0.2, -0.15) is 5.10 Å². The maximum absolute atomic E-state index is 13.4. The molecule has 1 atom stereocenters. The molecule has 1 amide bonds. The number of carbonyl (C=O) groups excluding carboxylic acids is 2. The maximum atomic E-state index is 13.4. The number of amides is 1. The third kappa shape index (κ3) is 5.23. The van der Waals surface area contributed by atoms with Crippen molar-refractivity contribution >= 4 is 17.4 Å². The first kappa shape index (κ1) is 26.4. The summed E-state index contributed by atoms with van der Waals surface area (Å²) in [7, 11) is 3.95. The molecule has 0 radical (unpaired) electrons. The Hall–Kier alpha value is -3.71. The van der Waals surface area contributed by atoms with Crippen molar-refractivity contribution in [3.05, 3.63) is 88.8 Å². The lowest BCUT2D eigenvalue weighted by Crippen LogP contribution is -2.32. The van der Waals surface area contributed by atoms with E-state index < -0.39 is 17.7 Å². The number of aromatic nitrogens is 2. The monoisotopic (exact) mass is 500 g/mol. The number of nitrogens with zero attached hydrogens (tertiary/aromatic N) is 4. The average molecular weight is 501 g/mol. The van der Waals surface area contributed by atoms with E-state index in [1.54, 1.807) is 15.8 Å². The van der Waals surface area contributed by atoms with Crippen molar-refractivity contribution in [3.63, 3.8) is 0 Å². The van der Waals surface area contributed by atoms with Crippen LogP contribution in [-0.4, -0.2) is 63.6 Å². The molecule has 1 aliphatic rings. The second kappa shape index (κ2) is 10.3. The fourth-order valence-electron chi connectivity index (χ4n) is 4.80. The van der Waals surface area contributed by atoms with E-state index in [9.17, 15) is 14.7 Å². The number of carbonyl (C=O) groups is 2. The Labute approximate surface area is 219 Å². The van der Waals surface area contributed by atoms with E-state index in [2.05, 4.69) is 25.9 Å². The van der Waals surface area contributed by atoms with Crippen LogP contribution in [0.1, 0.15) is 55.6 Å². The van der Waals surface area contributed by atoms with E-state index in [-0.39, 0.29) is 16.7 Å². The highest BCUT2D eigenvalue weighted by atomic mass is 16.3. The fraction of sp³-hybridized carbons (Fsp3) is 0.367. The molecule has 0 aliphatic carbocycles. The Balaban J connectivity index is 1.81. The molecule has 1 N–H and O–H groups in total. The molecule has 7 heteroatoms. The quantitative estimate of drug-likeness (QED) is 0.285. The van der Waals surface area contributed by atoms with Gasteiger partial charge < -0.3 is 14.9 Å². The van der Waals surface area contributed by atoms with Gasteiger partial charge in [0.05, 0.1) is 34.8 Å². The van der Waals surface area contributed by atoms with Crippen LogP contribution in [0.5, 0.6) is 0 Å². The molecule has 37 heavy (non-hydrogen) atoms. The highest BCUT2D eigenvalue weighted by Crippen LogP contribution is 2.40. The molecule has 0 spiro atoms. The number of hydrogen-bond donors (Lipinski definition) is 1. The molecular weight excluding hydrogens is 464 g/mol. The van der Waals surface area contributed by atoms with Gasteiger partial charge in [-0.3, -0.25) is 9.59 Å². The van der Waals surface area contributed by atoms with E-state index in [1.165, 1.54) is 0 Å². The lowest BCUT2D eigenvalue weighted by atomic mass is 9.85. The number of Topliss-reactive ketones (excluding diaryl/α,β-unsaturated/α-hetero) is 1. The summed E-state index contributed by atoms with van der Waals surface area (Å²) in [6.07, 6.45) is 2.26. The molecule has 0 bridgehead atoms. The second-order valence-corrected chi connectivity index (χ2v) is 10.9. The normalized spacial score (nSPS) is 17.7. The van der Waals surface area contributed by atoms with Crippen molar-refractivity contribution in [2.75, 3.05) is 27.2 Å². The molecular formula is C30H36N4O3. The van der Waals surface area contributed by atoms with Gasteiger partial charge in [-0.1, -0.05) is 63.2 Å². The largest absolute Gasteiger partial charge is 0.507 e. The standard InChI is InChI=1S/C30H36N4O3/c1-20-24(19-31-34(20)23-11-8-7-9-12-23)27(35)25-26(21-13-15-22(16-14-21)30(2,3)4)33(29(37)28(25)36)18-10-17-32(5)6/h7-9,11-16,19,26,35H,10,17-18H2,1-6H3/t26-/m1/s1. The number of rotatable bonds is 7. The van der Waals surface area contributed by atoms with Crippen molar-refractivity contribution in [1.29, 1.82) is 0 Å². The van der Waals surface area contributed by atoms with E-state index in [0.717, 1.165) is 23.4 Å². The number of aliphatic hydroxyl groups is 1. The van der Waals surface area contributed by atoms with Gasteiger partial charge in [-0.15, -0.1) is 0 Å². The summed E-state index contributed by atoms with van der Waals surface area (Å²) in [5, 5.41) is 16.0. The minimum Gasteiger partial charge on any atom is -0.507 e. The summed E-state index contributed by atoms with van der Waals surface area (Å²) in [6.45, 7) is 9.46. The van der Waals surface area contributed by atoms with Crippen molar-refractivity contribution in [1.82, 2.24) is 19.6 Å². The molecule has 1 aromatic heterocycles. The van der Waals surface area contributed by atoms with Gasteiger partial charge in [-0.05, 0) is 62.7 Å². The molecule has 7 nitrogen and oxygen atoms in total. The van der Waals surface area contributed by atoms with E-state index in [1.807, 2.05) is 80.5 Å². The van der Waals surface area contributed by atoms with Gasteiger partial charge >= 0.3 is 0 Å². The van der Waals surface area contributed by atoms with Crippen LogP contribution >= 0.6 is 0 Å². The Morgan fingerprint density at radius 3 is 2.27 bits per heavy atom. The Morgan fingerprint density at radius 2 is 1.68 bits per heavy atom. The van der Waals surface area contributed by atoms with Crippen LogP contribution < -0.4 is 0 Å². The lowest BCUT2D eigenvalue weighted by molar-refractivity contribution is -0.139. The molecule has 0 unspecified atom stereocenters. The average Bonchev–Trinajstić information content (AvgIpc) is 3.36. The summed E-state index contributed by atoms with van der Waals surface area (Å²) in [6, 6.07) is 16.9. The first-order valence-corrected chi connectivity index (χ1v) is 12.6. The van der Waals surface area contributed by atoms with E-state index in [4.69, 9.17) is 0 Å². The minimum atomic E-state index is -0.671. The summed E-state index contributed by atoms with van der Waals surface area (Å²) < 4.78 is 1.72. The van der Waals surface area contributed by atoms with Crippen LogP contribution in [0.3, 0.4) is 0 Å². The molecule has 4 rings (SSSR count). The van der Waals surface area contributed by atoms with Crippen molar-refractivity contribution in [2.24, 2.45) is 0 Å². The molecule has 3 aromatic rings. The van der Waals surface area contributed by atoms with Gasteiger partial charge in [-0.25, -0.2) is 4.68 Å². The SMILES string of the molecule is Cc1c(C(O)=C2C(=O)C(=O)N(CCCN(C)C)[C@@H]2c2ccc(C(C)(C)C)cc2)cnn1-c1ccccc1. The molecule has 194 valence electrons. The van der Waals surface area contributed by atoms with Crippen LogP contribution in [0.25, 0.3) is 11.4 Å². The number of benzene rings is 2. The zero-order valence-electron chi connectivity index (χ0n) is 22.5. The van der Waals surface area contributed by atoms with Gasteiger partial charge in [0.25, 0.3) is 11.7 Å². The number of likely N-dealkylation sites (tertiary alicyclic amines) is 1. The molecule has 1 saturated heterocycles. The van der Waals surface area contributed by atoms with Gasteiger partial charge in [0.2, 0.25) is 0 Å². The zero-order chi connectivity index (χ0) is 26.9. The van der Waals surface area contributed by atoms with Crippen LogP contribution in [0.4, 0.5) is 0 Å². The zero-order valence-corrected chi connectivity index (χ0v) is 22.5. The highest BCUT2D eigenvalue weighted by Gasteiger charge is 2.46. The Kier molecular flexibility index (Phi) is 7.37. The first-order chi connectivity index (χ1) is 17.5. The molecule has 2 heterocycles. The third-order valence-corrected chi connectivity index (χ3v) is 6.90. The van der Waals surface area contributed by atoms with Gasteiger partial charge in [0.15, 0.2) is 0 Å². The van der Waals surface area contributed by atoms with E-state index >= 15 is 0 Å². The molecule has 2 aromatic carbocycles. The van der Waals surface area contributed by atoms with Gasteiger partial charge in [0, 0.05) is 6.54 Å². The van der Waals surface area contributed by atoms with Crippen molar-refractivity contribution < 1.29 is 14.7 Å². The number of para-hydroxylation sites is 1. The van der Waals surface area contributed by atoms with Crippen LogP contribution in [0.15, 0.2) is 66.4 Å².